The van der Waals surface area contributed by atoms with E-state index in [9.17, 15) is 62.2 Å². The van der Waals surface area contributed by atoms with Crippen LogP contribution in [0.15, 0.2) is 72.8 Å². The summed E-state index contributed by atoms with van der Waals surface area (Å²) in [5.41, 5.74) is -3.19. The predicted octanol–water partition coefficient (Wildman–Crippen LogP) is 8.30. The molecule has 1 unspecified atom stereocenters. The van der Waals surface area contributed by atoms with Gasteiger partial charge in [-0.1, -0.05) is 30.3 Å². The molecule has 0 fully saturated rings. The number of hydrogen-bond acceptors (Lipinski definition) is 4. The van der Waals surface area contributed by atoms with Crippen LogP contribution in [0.2, 0.25) is 0 Å². The van der Waals surface area contributed by atoms with Gasteiger partial charge in [0, 0.05) is 11.6 Å². The van der Waals surface area contributed by atoms with Crippen molar-refractivity contribution in [3.63, 3.8) is 0 Å². The van der Waals surface area contributed by atoms with Crippen LogP contribution in [0.5, 0.6) is 11.5 Å². The van der Waals surface area contributed by atoms with Crippen molar-refractivity contribution < 1.29 is 71.8 Å². The predicted molar refractivity (Wildman–Crippen MR) is 124 cm³/mol. The average molecular weight is 639 g/mol. The van der Waals surface area contributed by atoms with Crippen LogP contribution in [0, 0.1) is 0 Å². The van der Waals surface area contributed by atoms with Crippen LogP contribution in [0.1, 0.15) is 16.7 Å². The van der Waals surface area contributed by atoms with E-state index in [1.54, 1.807) is 0 Å². The van der Waals surface area contributed by atoms with Crippen molar-refractivity contribution in [2.24, 2.45) is 0 Å². The molecule has 0 aromatic heterocycles. The quantitative estimate of drug-likeness (QED) is 0.179. The van der Waals surface area contributed by atoms with Gasteiger partial charge in [-0.05, 0) is 42.0 Å². The third-order valence-electron chi connectivity index (χ3n) is 5.64. The van der Waals surface area contributed by atoms with E-state index in [1.165, 1.54) is 18.2 Å². The van der Waals surface area contributed by atoms with E-state index in [-0.39, 0.29) is 34.2 Å². The molecule has 0 amide bonds. The van der Waals surface area contributed by atoms with Gasteiger partial charge >= 0.3 is 30.4 Å². The van der Waals surface area contributed by atoms with Gasteiger partial charge in [0.25, 0.3) is 0 Å². The first-order chi connectivity index (χ1) is 19.6. The van der Waals surface area contributed by atoms with Crippen molar-refractivity contribution >= 4 is 5.69 Å². The summed E-state index contributed by atoms with van der Waals surface area (Å²) in [6.07, 6.45) is -19.7. The number of rotatable bonds is 10. The van der Waals surface area contributed by atoms with Crippen molar-refractivity contribution in [3.05, 3.63) is 89.5 Å². The van der Waals surface area contributed by atoms with Crippen molar-refractivity contribution in [3.8, 4) is 11.5 Å². The Labute approximate surface area is 233 Å². The fraction of sp³-hybridized carbons (Fsp3) is 0.308. The molecular formula is C26H18F13NO3. The number of nitrogens with zero attached hydrogens (tertiary/aromatic N) is 1. The van der Waals surface area contributed by atoms with Gasteiger partial charge < -0.3 is 14.7 Å². The second-order valence-electron chi connectivity index (χ2n) is 8.87. The molecule has 3 aromatic rings. The third-order valence-corrected chi connectivity index (χ3v) is 5.64. The van der Waals surface area contributed by atoms with Gasteiger partial charge in [-0.2, -0.15) is 57.1 Å². The lowest BCUT2D eigenvalue weighted by Crippen LogP contribution is -2.50. The van der Waals surface area contributed by atoms with E-state index < -0.39 is 66.5 Å². The monoisotopic (exact) mass is 639 g/mol. The number of hydroxylamine groups is 1. The molecule has 0 saturated carbocycles. The first kappa shape index (κ1) is 33.6. The second-order valence-corrected chi connectivity index (χ2v) is 8.87. The number of ether oxygens (including phenoxy) is 1. The molecule has 0 bridgehead atoms. The van der Waals surface area contributed by atoms with Crippen molar-refractivity contribution in [2.45, 2.75) is 43.1 Å². The Morgan fingerprint density at radius 3 is 1.86 bits per heavy atom. The van der Waals surface area contributed by atoms with E-state index >= 15 is 0 Å². The molecule has 3 rings (SSSR count). The van der Waals surface area contributed by atoms with Crippen molar-refractivity contribution in [1.82, 2.24) is 0 Å². The molecule has 1 atom stereocenters. The molecule has 3 aromatic carbocycles. The number of hydrogen-bond donors (Lipinski definition) is 1. The molecule has 0 heterocycles. The number of alkyl halides is 13. The highest BCUT2D eigenvalue weighted by molar-refractivity contribution is 5.50. The normalized spacial score (nSPS) is 13.9. The lowest BCUT2D eigenvalue weighted by atomic mass is 10.0. The standard InChI is InChI=1S/C26H18F13NO3/c27-22(28,25(35,36)26(37,38)39)16-5-2-9-20(11-16)43-40(13-21(41)24(32,33)34)18-7-3-8-19(12-18)42-14-15-4-1-6-17(10-15)23(29,30)31/h1-12,21,41H,13-14H2. The molecule has 43 heavy (non-hydrogen) atoms. The van der Waals surface area contributed by atoms with Crippen LogP contribution in [0.25, 0.3) is 0 Å². The molecule has 236 valence electrons. The number of halogens is 13. The molecule has 0 saturated heterocycles. The Morgan fingerprint density at radius 1 is 0.674 bits per heavy atom. The summed E-state index contributed by atoms with van der Waals surface area (Å²) in [7, 11) is 0. The highest BCUT2D eigenvalue weighted by Gasteiger charge is 2.73. The Hall–Kier alpha value is -3.89. The zero-order valence-electron chi connectivity index (χ0n) is 21.0. The molecule has 0 radical (unpaired) electrons. The maximum atomic E-state index is 14.2. The average Bonchev–Trinajstić information content (AvgIpc) is 2.90. The minimum absolute atomic E-state index is 0.0423. The second kappa shape index (κ2) is 12.0. The Balaban J connectivity index is 1.91. The maximum absolute atomic E-state index is 14.2. The molecule has 0 spiro atoms. The van der Waals surface area contributed by atoms with Gasteiger partial charge in [0.1, 0.15) is 12.4 Å². The highest BCUT2D eigenvalue weighted by atomic mass is 19.4. The Kier molecular flexibility index (Phi) is 9.39. The van der Waals surface area contributed by atoms with E-state index in [1.807, 2.05) is 0 Å². The molecule has 1 N–H and O–H groups in total. The fourth-order valence-electron chi connectivity index (χ4n) is 3.42. The minimum Gasteiger partial charge on any atom is -0.489 e. The first-order valence-corrected chi connectivity index (χ1v) is 11.6. The fourth-order valence-corrected chi connectivity index (χ4v) is 3.42. The van der Waals surface area contributed by atoms with Gasteiger partial charge in [0.05, 0.1) is 17.8 Å². The van der Waals surface area contributed by atoms with Gasteiger partial charge in [-0.15, -0.1) is 0 Å². The highest BCUT2D eigenvalue weighted by Crippen LogP contribution is 2.52. The van der Waals surface area contributed by atoms with Gasteiger partial charge in [0.15, 0.2) is 11.9 Å². The van der Waals surface area contributed by atoms with Crippen LogP contribution in [-0.2, 0) is 18.7 Å². The van der Waals surface area contributed by atoms with Crippen LogP contribution in [0.4, 0.5) is 62.8 Å². The molecule has 4 nitrogen and oxygen atoms in total. The van der Waals surface area contributed by atoms with Crippen LogP contribution in [0.3, 0.4) is 0 Å². The zero-order chi connectivity index (χ0) is 32.4. The Morgan fingerprint density at radius 2 is 1.26 bits per heavy atom. The van der Waals surface area contributed by atoms with E-state index in [0.29, 0.717) is 6.07 Å². The van der Waals surface area contributed by atoms with Crippen LogP contribution in [-0.4, -0.2) is 36.0 Å². The summed E-state index contributed by atoms with van der Waals surface area (Å²) >= 11 is 0. The van der Waals surface area contributed by atoms with Crippen molar-refractivity contribution in [2.75, 3.05) is 11.6 Å². The molecule has 17 heteroatoms. The summed E-state index contributed by atoms with van der Waals surface area (Å²) in [5, 5.41) is 9.85. The zero-order valence-corrected chi connectivity index (χ0v) is 21.0. The summed E-state index contributed by atoms with van der Waals surface area (Å²) in [5.74, 6) is -13.4. The lowest BCUT2D eigenvalue weighted by molar-refractivity contribution is -0.359. The first-order valence-electron chi connectivity index (χ1n) is 11.6. The van der Waals surface area contributed by atoms with E-state index in [0.717, 1.165) is 36.4 Å². The number of benzene rings is 3. The minimum atomic E-state index is -6.66. The summed E-state index contributed by atoms with van der Waals surface area (Å²) < 4.78 is 177. The molecule has 0 aliphatic heterocycles. The number of aliphatic hydroxyl groups excluding tert-OH is 1. The van der Waals surface area contributed by atoms with Gasteiger partial charge in [0.2, 0.25) is 0 Å². The summed E-state index contributed by atoms with van der Waals surface area (Å²) in [6.45, 7) is -1.91. The molecular weight excluding hydrogens is 621 g/mol. The topological polar surface area (TPSA) is 41.9 Å². The number of aliphatic hydroxyl groups is 1. The van der Waals surface area contributed by atoms with Crippen LogP contribution < -0.4 is 14.6 Å². The lowest BCUT2D eigenvalue weighted by Gasteiger charge is -2.30. The van der Waals surface area contributed by atoms with Gasteiger partial charge in [-0.25, -0.2) is 5.06 Å². The summed E-state index contributed by atoms with van der Waals surface area (Å²) in [4.78, 5) is 5.10. The van der Waals surface area contributed by atoms with Crippen molar-refractivity contribution in [1.29, 1.82) is 0 Å². The smallest absolute Gasteiger partial charge is 0.460 e. The van der Waals surface area contributed by atoms with E-state index in [2.05, 4.69) is 0 Å². The third kappa shape index (κ3) is 7.94. The maximum Gasteiger partial charge on any atom is 0.460 e. The van der Waals surface area contributed by atoms with E-state index in [4.69, 9.17) is 9.57 Å². The SMILES string of the molecule is OC(CN(Oc1cccc(C(F)(F)C(F)(F)C(F)(F)F)c1)c1cccc(OCc2cccc(C(F)(F)F)c2)c1)C(F)(F)F. The summed E-state index contributed by atoms with van der Waals surface area (Å²) in [6, 6.07) is 10.0. The van der Waals surface area contributed by atoms with Crippen LogP contribution >= 0.6 is 0 Å². The largest absolute Gasteiger partial charge is 0.489 e. The Bertz CT molecular complexity index is 1390. The molecule has 0 aliphatic rings. The number of anilines is 1. The van der Waals surface area contributed by atoms with Gasteiger partial charge in [-0.3, -0.25) is 0 Å². The molecule has 0 aliphatic carbocycles.